The van der Waals surface area contributed by atoms with E-state index in [1.54, 1.807) is 42.9 Å². The Morgan fingerprint density at radius 2 is 2.10 bits per heavy atom. The molecule has 0 aliphatic carbocycles. The standard InChI is InChI=1S/C22H23N3O4S/c1-16-24-19(15-30-16)14-29-20-5-3-4-17(12-20)6-8-21(26)25-18-7-9-22(23-13-18)28-11-10-27-2/h3-9,12-13,15H,10-11,14H2,1-2H3,(H,25,26)/b8-6+. The number of rotatable bonds is 10. The molecule has 0 fully saturated rings. The smallest absolute Gasteiger partial charge is 0.248 e. The van der Waals surface area contributed by atoms with Gasteiger partial charge < -0.3 is 19.5 Å². The van der Waals surface area contributed by atoms with Gasteiger partial charge in [-0.2, -0.15) is 0 Å². The summed E-state index contributed by atoms with van der Waals surface area (Å²) >= 11 is 1.60. The third kappa shape index (κ3) is 6.98. The molecule has 0 unspecified atom stereocenters. The first kappa shape index (κ1) is 21.5. The zero-order valence-corrected chi connectivity index (χ0v) is 17.6. The summed E-state index contributed by atoms with van der Waals surface area (Å²) in [6, 6.07) is 11.0. The molecule has 2 heterocycles. The quantitative estimate of drug-likeness (QED) is 0.389. The Labute approximate surface area is 179 Å². The fraction of sp³-hybridized carbons (Fsp3) is 0.227. The van der Waals surface area contributed by atoms with Crippen LogP contribution in [0, 0.1) is 6.92 Å². The lowest BCUT2D eigenvalue weighted by atomic mass is 10.2. The number of carbonyl (C=O) groups excluding carboxylic acids is 1. The summed E-state index contributed by atoms with van der Waals surface area (Å²) < 4.78 is 16.1. The van der Waals surface area contributed by atoms with Crippen molar-refractivity contribution in [3.63, 3.8) is 0 Å². The molecule has 8 heteroatoms. The van der Waals surface area contributed by atoms with Gasteiger partial charge in [-0.3, -0.25) is 4.79 Å². The van der Waals surface area contributed by atoms with Gasteiger partial charge in [-0.05, 0) is 36.8 Å². The second kappa shape index (κ2) is 11.1. The number of ether oxygens (including phenoxy) is 3. The number of hydrogen-bond donors (Lipinski definition) is 1. The van der Waals surface area contributed by atoms with Crippen LogP contribution in [-0.2, 0) is 16.1 Å². The van der Waals surface area contributed by atoms with Crippen molar-refractivity contribution in [1.29, 1.82) is 0 Å². The zero-order chi connectivity index (χ0) is 21.2. The Balaban J connectivity index is 1.50. The van der Waals surface area contributed by atoms with Gasteiger partial charge in [-0.1, -0.05) is 12.1 Å². The van der Waals surface area contributed by atoms with Gasteiger partial charge in [-0.25, -0.2) is 9.97 Å². The molecule has 0 radical (unpaired) electrons. The first-order chi connectivity index (χ1) is 14.6. The molecule has 3 rings (SSSR count). The molecule has 1 amide bonds. The highest BCUT2D eigenvalue weighted by Gasteiger charge is 2.02. The maximum Gasteiger partial charge on any atom is 0.248 e. The average molecular weight is 426 g/mol. The highest BCUT2D eigenvalue weighted by atomic mass is 32.1. The van der Waals surface area contributed by atoms with E-state index in [2.05, 4.69) is 15.3 Å². The maximum absolute atomic E-state index is 12.2. The van der Waals surface area contributed by atoms with Gasteiger partial charge in [0, 0.05) is 24.6 Å². The van der Waals surface area contributed by atoms with E-state index in [0.29, 0.717) is 31.4 Å². The van der Waals surface area contributed by atoms with Gasteiger partial charge >= 0.3 is 0 Å². The number of thiazole rings is 1. The summed E-state index contributed by atoms with van der Waals surface area (Å²) in [5.74, 6) is 0.941. The second-order valence-corrected chi connectivity index (χ2v) is 7.33. The molecule has 0 atom stereocenters. The lowest BCUT2D eigenvalue weighted by Gasteiger charge is -2.06. The molecule has 156 valence electrons. The summed E-state index contributed by atoms with van der Waals surface area (Å²) in [7, 11) is 1.61. The topological polar surface area (TPSA) is 82.6 Å². The van der Waals surface area contributed by atoms with E-state index in [1.807, 2.05) is 36.6 Å². The predicted molar refractivity (Wildman–Crippen MR) is 117 cm³/mol. The molecule has 2 aromatic heterocycles. The number of nitrogens with one attached hydrogen (secondary N) is 1. The fourth-order valence-corrected chi connectivity index (χ4v) is 3.06. The van der Waals surface area contributed by atoms with Crippen LogP contribution in [0.1, 0.15) is 16.3 Å². The number of hydrogen-bond acceptors (Lipinski definition) is 7. The van der Waals surface area contributed by atoms with Gasteiger partial charge in [0.1, 0.15) is 19.0 Å². The Morgan fingerprint density at radius 3 is 2.83 bits per heavy atom. The number of nitrogens with zero attached hydrogens (tertiary/aromatic N) is 2. The number of aryl methyl sites for hydroxylation is 1. The summed E-state index contributed by atoms with van der Waals surface area (Å²) in [5.41, 5.74) is 2.35. The van der Waals surface area contributed by atoms with E-state index in [4.69, 9.17) is 14.2 Å². The van der Waals surface area contributed by atoms with E-state index in [9.17, 15) is 4.79 Å². The molecule has 0 saturated carbocycles. The zero-order valence-electron chi connectivity index (χ0n) is 16.8. The summed E-state index contributed by atoms with van der Waals surface area (Å²) in [6.07, 6.45) is 4.74. The van der Waals surface area contributed by atoms with Crippen LogP contribution in [0.5, 0.6) is 11.6 Å². The Hall–Kier alpha value is -3.23. The summed E-state index contributed by atoms with van der Waals surface area (Å²) in [6.45, 7) is 3.29. The molecule has 1 aromatic carbocycles. The molecule has 1 N–H and O–H groups in total. The fourth-order valence-electron chi connectivity index (χ4n) is 2.46. The van der Waals surface area contributed by atoms with Crippen molar-refractivity contribution in [1.82, 2.24) is 9.97 Å². The normalized spacial score (nSPS) is 10.9. The number of benzene rings is 1. The van der Waals surface area contributed by atoms with Crippen LogP contribution < -0.4 is 14.8 Å². The molecule has 7 nitrogen and oxygen atoms in total. The van der Waals surface area contributed by atoms with Crippen LogP contribution in [0.25, 0.3) is 6.08 Å². The first-order valence-electron chi connectivity index (χ1n) is 9.33. The Kier molecular flexibility index (Phi) is 7.94. The van der Waals surface area contributed by atoms with Crippen molar-refractivity contribution in [2.45, 2.75) is 13.5 Å². The summed E-state index contributed by atoms with van der Waals surface area (Å²) in [4.78, 5) is 20.7. The van der Waals surface area contributed by atoms with Gasteiger partial charge in [0.15, 0.2) is 0 Å². The molecule has 30 heavy (non-hydrogen) atoms. The highest BCUT2D eigenvalue weighted by Crippen LogP contribution is 2.17. The number of anilines is 1. The van der Waals surface area contributed by atoms with Crippen molar-refractivity contribution in [2.24, 2.45) is 0 Å². The SMILES string of the molecule is COCCOc1ccc(NC(=O)/C=C/c2cccc(OCc3csc(C)n3)c2)cn1. The van der Waals surface area contributed by atoms with Crippen LogP contribution in [0.4, 0.5) is 5.69 Å². The number of methoxy groups -OCH3 is 1. The van der Waals surface area contributed by atoms with Crippen molar-refractivity contribution in [3.05, 3.63) is 70.3 Å². The highest BCUT2D eigenvalue weighted by molar-refractivity contribution is 7.09. The van der Waals surface area contributed by atoms with E-state index >= 15 is 0 Å². The lowest BCUT2D eigenvalue weighted by Crippen LogP contribution is -2.09. The number of carbonyl (C=O) groups is 1. The molecule has 0 aliphatic rings. The summed E-state index contributed by atoms with van der Waals surface area (Å²) in [5, 5.41) is 5.76. The van der Waals surface area contributed by atoms with Gasteiger partial charge in [0.25, 0.3) is 0 Å². The molecule has 0 bridgehead atoms. The Bertz CT molecular complexity index is 986. The van der Waals surface area contributed by atoms with Crippen LogP contribution >= 0.6 is 11.3 Å². The second-order valence-electron chi connectivity index (χ2n) is 6.27. The predicted octanol–water partition coefficient (Wildman–Crippen LogP) is 4.10. The van der Waals surface area contributed by atoms with Crippen molar-refractivity contribution >= 4 is 29.0 Å². The van der Waals surface area contributed by atoms with E-state index in [0.717, 1.165) is 22.0 Å². The third-order valence-corrected chi connectivity index (χ3v) is 4.70. The number of pyridine rings is 1. The number of amides is 1. The molecule has 0 saturated heterocycles. The minimum absolute atomic E-state index is 0.255. The van der Waals surface area contributed by atoms with Gasteiger partial charge in [-0.15, -0.1) is 11.3 Å². The minimum Gasteiger partial charge on any atom is -0.487 e. The van der Waals surface area contributed by atoms with E-state index in [1.165, 1.54) is 6.08 Å². The molecular formula is C22H23N3O4S. The van der Waals surface area contributed by atoms with Crippen molar-refractivity contribution in [2.75, 3.05) is 25.6 Å². The largest absolute Gasteiger partial charge is 0.487 e. The third-order valence-electron chi connectivity index (χ3n) is 3.88. The molecule has 0 spiro atoms. The first-order valence-corrected chi connectivity index (χ1v) is 10.2. The lowest BCUT2D eigenvalue weighted by molar-refractivity contribution is -0.111. The Morgan fingerprint density at radius 1 is 1.20 bits per heavy atom. The number of aromatic nitrogens is 2. The van der Waals surface area contributed by atoms with Crippen LogP contribution in [-0.4, -0.2) is 36.2 Å². The molecule has 0 aliphatic heterocycles. The van der Waals surface area contributed by atoms with Gasteiger partial charge in [0.2, 0.25) is 11.8 Å². The van der Waals surface area contributed by atoms with Crippen LogP contribution in [0.15, 0.2) is 54.1 Å². The molecular weight excluding hydrogens is 402 g/mol. The van der Waals surface area contributed by atoms with Crippen LogP contribution in [0.2, 0.25) is 0 Å². The minimum atomic E-state index is -0.255. The molecule has 3 aromatic rings. The van der Waals surface area contributed by atoms with Crippen molar-refractivity contribution in [3.8, 4) is 11.6 Å². The monoisotopic (exact) mass is 425 g/mol. The average Bonchev–Trinajstić information content (AvgIpc) is 3.18. The van der Waals surface area contributed by atoms with E-state index < -0.39 is 0 Å². The van der Waals surface area contributed by atoms with Crippen LogP contribution in [0.3, 0.4) is 0 Å². The van der Waals surface area contributed by atoms with Crippen molar-refractivity contribution < 1.29 is 19.0 Å². The van der Waals surface area contributed by atoms with E-state index in [-0.39, 0.29) is 5.91 Å². The van der Waals surface area contributed by atoms with Gasteiger partial charge in [0.05, 0.1) is 29.2 Å². The maximum atomic E-state index is 12.2.